The summed E-state index contributed by atoms with van der Waals surface area (Å²) in [6.07, 6.45) is -10.7. The molecule has 10 heteroatoms. The molecule has 0 fully saturated rings. The molecule has 1 N–H and O–H groups in total. The van der Waals surface area contributed by atoms with Crippen molar-refractivity contribution < 1.29 is 44.6 Å². The predicted octanol–water partition coefficient (Wildman–Crippen LogP) is 5.53. The van der Waals surface area contributed by atoms with Crippen LogP contribution >= 0.6 is 0 Å². The van der Waals surface area contributed by atoms with E-state index >= 15 is 0 Å². The van der Waals surface area contributed by atoms with Crippen LogP contribution in [0.5, 0.6) is 0 Å². The summed E-state index contributed by atoms with van der Waals surface area (Å²) in [6, 6.07) is 5.29. The van der Waals surface area contributed by atoms with Crippen LogP contribution in [0.15, 0.2) is 24.3 Å². The Morgan fingerprint density at radius 3 is 1.88 bits per heavy atom. The van der Waals surface area contributed by atoms with E-state index in [9.17, 15) is 44.6 Å². The molecule has 0 bridgehead atoms. The van der Waals surface area contributed by atoms with Crippen LogP contribution in [0, 0.1) is 0 Å². The van der Waals surface area contributed by atoms with Crippen molar-refractivity contribution in [1.82, 2.24) is 0 Å². The van der Waals surface area contributed by atoms with Gasteiger partial charge < -0.3 is 5.11 Å². The minimum absolute atomic E-state index is 0.227. The van der Waals surface area contributed by atoms with Crippen molar-refractivity contribution in [3.8, 4) is 0 Å². The van der Waals surface area contributed by atoms with Gasteiger partial charge >= 0.3 is 23.9 Å². The molecule has 0 saturated heterocycles. The second kappa shape index (κ2) is 7.05. The maximum Gasteiger partial charge on any atom is 0.460 e. The lowest BCUT2D eigenvalue weighted by molar-refractivity contribution is -0.398. The third-order valence-corrected chi connectivity index (χ3v) is 3.59. The molecule has 0 aliphatic carbocycles. The van der Waals surface area contributed by atoms with Gasteiger partial charge in [0.2, 0.25) is 0 Å². The van der Waals surface area contributed by atoms with Gasteiger partial charge in [0.1, 0.15) is 0 Å². The molecule has 0 amide bonds. The molecule has 1 aromatic carbocycles. The molecule has 1 atom stereocenters. The Hall–Kier alpha value is -1.45. The molecule has 0 aromatic heterocycles. The van der Waals surface area contributed by atoms with E-state index in [0.29, 0.717) is 12.0 Å². The van der Waals surface area contributed by atoms with Crippen molar-refractivity contribution in [2.45, 2.75) is 56.2 Å². The Bertz CT molecular complexity index is 581. The Kier molecular flexibility index (Phi) is 6.09. The van der Waals surface area contributed by atoms with E-state index in [1.807, 2.05) is 0 Å². The quantitative estimate of drug-likeness (QED) is 0.615. The largest absolute Gasteiger partial charge is 0.460 e. The summed E-state index contributed by atoms with van der Waals surface area (Å²) < 4.78 is 116. The van der Waals surface area contributed by atoms with Gasteiger partial charge in [0, 0.05) is 6.42 Å². The summed E-state index contributed by atoms with van der Waals surface area (Å²) in [7, 11) is 0. The summed E-state index contributed by atoms with van der Waals surface area (Å²) in [5, 5.41) is 9.76. The smallest absolute Gasteiger partial charge is 0.388 e. The first-order chi connectivity index (χ1) is 11.2. The number of rotatable bonds is 7. The van der Waals surface area contributed by atoms with Gasteiger partial charge in [-0.25, -0.2) is 0 Å². The maximum absolute atomic E-state index is 13.6. The van der Waals surface area contributed by atoms with Crippen molar-refractivity contribution in [3.63, 3.8) is 0 Å². The van der Waals surface area contributed by atoms with Gasteiger partial charge in [-0.2, -0.15) is 39.5 Å². The molecular formula is C15H15F9O. The van der Waals surface area contributed by atoms with Gasteiger partial charge in [-0.15, -0.1) is 0 Å². The summed E-state index contributed by atoms with van der Waals surface area (Å²) in [5.41, 5.74) is 0.0781. The van der Waals surface area contributed by atoms with Crippen LogP contribution in [0.4, 0.5) is 39.5 Å². The van der Waals surface area contributed by atoms with E-state index in [4.69, 9.17) is 0 Å². The lowest BCUT2D eigenvalue weighted by atomic mass is 9.92. The van der Waals surface area contributed by atoms with E-state index in [1.165, 1.54) is 18.2 Å². The van der Waals surface area contributed by atoms with Crippen LogP contribution in [-0.4, -0.2) is 29.1 Å². The van der Waals surface area contributed by atoms with E-state index in [-0.39, 0.29) is 12.0 Å². The first kappa shape index (κ1) is 21.6. The van der Waals surface area contributed by atoms with Crippen LogP contribution in [-0.2, 0) is 6.42 Å². The second-order valence-corrected chi connectivity index (χ2v) is 5.52. The lowest BCUT2D eigenvalue weighted by Crippen LogP contribution is -2.61. The number of aryl methyl sites for hydroxylation is 1. The molecule has 1 nitrogen and oxygen atoms in total. The van der Waals surface area contributed by atoms with Crippen LogP contribution in [0.25, 0.3) is 0 Å². The van der Waals surface area contributed by atoms with E-state index in [2.05, 4.69) is 0 Å². The van der Waals surface area contributed by atoms with Crippen molar-refractivity contribution in [2.24, 2.45) is 0 Å². The summed E-state index contributed by atoms with van der Waals surface area (Å²) >= 11 is 0. The number of benzene rings is 1. The van der Waals surface area contributed by atoms with Crippen LogP contribution in [0.1, 0.15) is 37.0 Å². The Morgan fingerprint density at radius 2 is 1.40 bits per heavy atom. The highest BCUT2D eigenvalue weighted by Crippen LogP contribution is 2.55. The fourth-order valence-corrected chi connectivity index (χ4v) is 2.24. The maximum atomic E-state index is 13.6. The van der Waals surface area contributed by atoms with Crippen molar-refractivity contribution in [3.05, 3.63) is 35.4 Å². The Labute approximate surface area is 137 Å². The average Bonchev–Trinajstić information content (AvgIpc) is 2.46. The monoisotopic (exact) mass is 382 g/mol. The summed E-state index contributed by atoms with van der Waals surface area (Å²) in [5.74, 6) is -19.5. The predicted molar refractivity (Wildman–Crippen MR) is 70.9 cm³/mol. The third-order valence-electron chi connectivity index (χ3n) is 3.59. The SMILES string of the molecule is CCCc1ccccc1C(O)CC(F)(F)C(F)(F)C(F)(F)C(F)(F)F. The number of hydrogen-bond donors (Lipinski definition) is 1. The standard InChI is InChI=1S/C15H15F9O/c1-2-5-9-6-3-4-7-10(9)11(25)8-12(16,17)13(18,19)14(20,21)15(22,23)24/h3-4,6-7,11,25H,2,5,8H2,1H3. The minimum atomic E-state index is -6.95. The highest BCUT2D eigenvalue weighted by molar-refractivity contribution is 5.29. The summed E-state index contributed by atoms with van der Waals surface area (Å²) in [6.45, 7) is 1.70. The number of halogens is 9. The lowest BCUT2D eigenvalue weighted by Gasteiger charge is -2.34. The molecular weight excluding hydrogens is 367 g/mol. The van der Waals surface area contributed by atoms with Gasteiger partial charge in [-0.3, -0.25) is 0 Å². The van der Waals surface area contributed by atoms with Crippen molar-refractivity contribution in [2.75, 3.05) is 0 Å². The van der Waals surface area contributed by atoms with Gasteiger partial charge in [0.05, 0.1) is 6.10 Å². The van der Waals surface area contributed by atoms with Crippen LogP contribution in [0.3, 0.4) is 0 Å². The topological polar surface area (TPSA) is 20.2 Å². The van der Waals surface area contributed by atoms with Crippen LogP contribution in [0.2, 0.25) is 0 Å². The molecule has 0 spiro atoms. The first-order valence-electron chi connectivity index (χ1n) is 7.15. The average molecular weight is 382 g/mol. The molecule has 0 aliphatic rings. The van der Waals surface area contributed by atoms with E-state index in [1.54, 1.807) is 6.92 Å². The molecule has 25 heavy (non-hydrogen) atoms. The Morgan fingerprint density at radius 1 is 0.880 bits per heavy atom. The number of hydrogen-bond acceptors (Lipinski definition) is 1. The number of alkyl halides is 9. The second-order valence-electron chi connectivity index (χ2n) is 5.52. The molecule has 1 rings (SSSR count). The zero-order chi connectivity index (χ0) is 19.7. The molecule has 0 saturated carbocycles. The molecule has 0 heterocycles. The van der Waals surface area contributed by atoms with E-state index < -0.39 is 36.5 Å². The molecule has 1 unspecified atom stereocenters. The molecule has 144 valence electrons. The first-order valence-corrected chi connectivity index (χ1v) is 7.15. The van der Waals surface area contributed by atoms with Gasteiger partial charge in [0.15, 0.2) is 0 Å². The number of aliphatic hydroxyl groups excluding tert-OH is 1. The highest BCUT2D eigenvalue weighted by atomic mass is 19.4. The van der Waals surface area contributed by atoms with E-state index in [0.717, 1.165) is 6.07 Å². The van der Waals surface area contributed by atoms with Crippen LogP contribution < -0.4 is 0 Å². The third kappa shape index (κ3) is 4.04. The Balaban J connectivity index is 3.16. The molecule has 0 aliphatic heterocycles. The fraction of sp³-hybridized carbons (Fsp3) is 0.600. The van der Waals surface area contributed by atoms with Gasteiger partial charge in [0.25, 0.3) is 0 Å². The van der Waals surface area contributed by atoms with Gasteiger partial charge in [-0.05, 0) is 17.5 Å². The van der Waals surface area contributed by atoms with Crippen molar-refractivity contribution in [1.29, 1.82) is 0 Å². The highest BCUT2D eigenvalue weighted by Gasteiger charge is 2.81. The molecule has 1 aromatic rings. The van der Waals surface area contributed by atoms with Gasteiger partial charge in [-0.1, -0.05) is 37.6 Å². The normalized spacial score (nSPS) is 15.3. The molecule has 0 radical (unpaired) electrons. The minimum Gasteiger partial charge on any atom is -0.388 e. The van der Waals surface area contributed by atoms with Crippen molar-refractivity contribution >= 4 is 0 Å². The number of aliphatic hydroxyl groups is 1. The fourth-order valence-electron chi connectivity index (χ4n) is 2.24. The zero-order valence-electron chi connectivity index (χ0n) is 12.9. The summed E-state index contributed by atoms with van der Waals surface area (Å²) in [4.78, 5) is 0. The zero-order valence-corrected chi connectivity index (χ0v) is 12.9.